The van der Waals surface area contributed by atoms with Gasteiger partial charge in [-0.3, -0.25) is 0 Å². The lowest BCUT2D eigenvalue weighted by molar-refractivity contribution is 0.224. The molecule has 6 rings (SSSR count). The van der Waals surface area contributed by atoms with E-state index in [0.717, 1.165) is 80.8 Å². The fourth-order valence-electron chi connectivity index (χ4n) is 5.88. The third-order valence-corrected chi connectivity index (χ3v) is 8.28. The molecule has 1 fully saturated rings. The SMILES string of the molecule is [2H]C1(c2ccc(C(=C/C=N)/C=C(\C)c3cccc4c3oc3c5ccccc5ccc43)cc2)CCC(C)(C)CC1. The van der Waals surface area contributed by atoms with Crippen molar-refractivity contribution in [2.24, 2.45) is 5.41 Å². The molecule has 1 aromatic heterocycles. The lowest BCUT2D eigenvalue weighted by Crippen LogP contribution is -2.20. The van der Waals surface area contributed by atoms with Crippen LogP contribution in [0.5, 0.6) is 0 Å². The highest BCUT2D eigenvalue weighted by atomic mass is 16.3. The summed E-state index contributed by atoms with van der Waals surface area (Å²) in [7, 11) is 0. The van der Waals surface area contributed by atoms with Crippen LogP contribution in [0.2, 0.25) is 0 Å². The first kappa shape index (κ1) is 23.2. The Labute approximate surface area is 226 Å². The van der Waals surface area contributed by atoms with Crippen molar-refractivity contribution in [1.82, 2.24) is 0 Å². The summed E-state index contributed by atoms with van der Waals surface area (Å²) in [6.45, 7) is 6.73. The van der Waals surface area contributed by atoms with E-state index in [4.69, 9.17) is 11.2 Å². The quantitative estimate of drug-likeness (QED) is 0.190. The minimum Gasteiger partial charge on any atom is -0.455 e. The molecular formula is C36H35NO. The second-order valence-electron chi connectivity index (χ2n) is 11.4. The van der Waals surface area contributed by atoms with Crippen molar-refractivity contribution >= 4 is 50.1 Å². The highest BCUT2D eigenvalue weighted by Gasteiger charge is 2.27. The minimum absolute atomic E-state index is 0.336. The molecule has 0 radical (unpaired) electrons. The normalized spacial score (nSPS) is 18.1. The topological polar surface area (TPSA) is 37.0 Å². The third-order valence-electron chi connectivity index (χ3n) is 8.28. The summed E-state index contributed by atoms with van der Waals surface area (Å²) in [4.78, 5) is 0. The van der Waals surface area contributed by atoms with Gasteiger partial charge in [0.2, 0.25) is 0 Å². The highest BCUT2D eigenvalue weighted by Crippen LogP contribution is 2.43. The Morgan fingerprint density at radius 2 is 1.58 bits per heavy atom. The molecule has 190 valence electrons. The molecule has 1 heterocycles. The van der Waals surface area contributed by atoms with Crippen LogP contribution in [0.25, 0.3) is 43.9 Å². The predicted molar refractivity (Wildman–Crippen MR) is 163 cm³/mol. The Morgan fingerprint density at radius 3 is 2.34 bits per heavy atom. The average molecular weight is 499 g/mol. The van der Waals surface area contributed by atoms with Crippen molar-refractivity contribution < 1.29 is 5.79 Å². The Balaban J connectivity index is 1.37. The number of hydrogen-bond donors (Lipinski definition) is 1. The molecule has 5 aromatic rings. The molecule has 2 nitrogen and oxygen atoms in total. The molecule has 38 heavy (non-hydrogen) atoms. The van der Waals surface area contributed by atoms with Crippen LogP contribution in [0.4, 0.5) is 0 Å². The highest BCUT2D eigenvalue weighted by molar-refractivity contribution is 6.16. The van der Waals surface area contributed by atoms with Crippen LogP contribution < -0.4 is 0 Å². The first-order chi connectivity index (χ1) is 18.8. The van der Waals surface area contributed by atoms with Gasteiger partial charge in [0.05, 0.1) is 0 Å². The van der Waals surface area contributed by atoms with Gasteiger partial charge in [0.1, 0.15) is 11.2 Å². The summed E-state index contributed by atoms with van der Waals surface area (Å²) in [6.07, 6.45) is 9.29. The fraction of sp³-hybridized carbons (Fsp3) is 0.250. The van der Waals surface area contributed by atoms with Crippen LogP contribution in [0.1, 0.15) is 70.4 Å². The maximum Gasteiger partial charge on any atom is 0.143 e. The summed E-state index contributed by atoms with van der Waals surface area (Å²) in [6, 6.07) is 27.4. The van der Waals surface area contributed by atoms with Crippen LogP contribution in [-0.4, -0.2) is 6.21 Å². The van der Waals surface area contributed by atoms with E-state index in [9.17, 15) is 0 Å². The van der Waals surface area contributed by atoms with Crippen LogP contribution in [-0.2, 0) is 0 Å². The van der Waals surface area contributed by atoms with Gasteiger partial charge in [-0.2, -0.15) is 0 Å². The van der Waals surface area contributed by atoms with Crippen LogP contribution >= 0.6 is 0 Å². The fourth-order valence-corrected chi connectivity index (χ4v) is 5.88. The maximum atomic E-state index is 9.12. The molecule has 1 aliphatic carbocycles. The number of furan rings is 1. The zero-order valence-corrected chi connectivity index (χ0v) is 22.5. The largest absolute Gasteiger partial charge is 0.455 e. The smallest absolute Gasteiger partial charge is 0.143 e. The summed E-state index contributed by atoms with van der Waals surface area (Å²) < 4.78 is 15.7. The number of nitrogens with one attached hydrogen (secondary N) is 1. The Hall–Kier alpha value is -3.91. The van der Waals surface area contributed by atoms with E-state index in [1.165, 1.54) is 11.6 Å². The Morgan fingerprint density at radius 1 is 0.868 bits per heavy atom. The molecule has 0 bridgehead atoms. The first-order valence-electron chi connectivity index (χ1n) is 14.1. The van der Waals surface area contributed by atoms with E-state index in [1.807, 2.05) is 6.08 Å². The van der Waals surface area contributed by atoms with Gasteiger partial charge < -0.3 is 9.83 Å². The van der Waals surface area contributed by atoms with Gasteiger partial charge in [-0.25, -0.2) is 0 Å². The molecule has 0 spiro atoms. The average Bonchev–Trinajstić information content (AvgIpc) is 3.34. The molecule has 0 amide bonds. The lowest BCUT2D eigenvalue weighted by atomic mass is 9.71. The zero-order valence-electron chi connectivity index (χ0n) is 23.5. The number of allylic oxidation sites excluding steroid dienone is 4. The van der Waals surface area contributed by atoms with Gasteiger partial charge >= 0.3 is 0 Å². The number of para-hydroxylation sites is 1. The van der Waals surface area contributed by atoms with Gasteiger partial charge in [-0.15, -0.1) is 0 Å². The van der Waals surface area contributed by atoms with Gasteiger partial charge in [-0.05, 0) is 83.7 Å². The molecular weight excluding hydrogens is 462 g/mol. The number of benzene rings is 4. The third kappa shape index (κ3) is 4.49. The van der Waals surface area contributed by atoms with E-state index in [2.05, 4.69) is 106 Å². The molecule has 1 N–H and O–H groups in total. The second-order valence-corrected chi connectivity index (χ2v) is 11.4. The standard InChI is InChI=1S/C36H35NO/c1-24(23-29(19-22-37)26-13-11-25(12-14-26)27-17-20-36(2,3)21-18-27)30-9-6-10-32-33-16-15-28-7-4-5-8-31(28)35(33)38-34(30)32/h4-16,19,22-23,27,37H,17-18,20-21H2,1-3H3/b24-23+,29-19+,37-22?/i27D. The lowest BCUT2D eigenvalue weighted by Gasteiger charge is -2.34. The Kier molecular flexibility index (Phi) is 5.96. The van der Waals surface area contributed by atoms with Crippen LogP contribution in [0.3, 0.4) is 0 Å². The van der Waals surface area contributed by atoms with E-state index in [0.29, 0.717) is 5.41 Å². The van der Waals surface area contributed by atoms with Gasteiger partial charge in [0, 0.05) is 29.3 Å². The maximum absolute atomic E-state index is 9.12. The zero-order chi connectivity index (χ0) is 27.2. The van der Waals surface area contributed by atoms with Crippen molar-refractivity contribution in [3.05, 3.63) is 108 Å². The summed E-state index contributed by atoms with van der Waals surface area (Å²) in [5.74, 6) is -0.508. The second kappa shape index (κ2) is 9.76. The minimum atomic E-state index is -0.508. The molecule has 2 heteroatoms. The van der Waals surface area contributed by atoms with Crippen molar-refractivity contribution in [1.29, 1.82) is 5.41 Å². The molecule has 0 unspecified atom stereocenters. The van der Waals surface area contributed by atoms with E-state index in [1.54, 1.807) is 0 Å². The Bertz CT molecular complexity index is 1760. The van der Waals surface area contributed by atoms with Crippen molar-refractivity contribution in [3.63, 3.8) is 0 Å². The number of rotatable bonds is 5. The summed E-state index contributed by atoms with van der Waals surface area (Å²) in [5, 5.41) is 12.3. The number of hydrogen-bond acceptors (Lipinski definition) is 2. The van der Waals surface area contributed by atoms with Crippen LogP contribution in [0.15, 0.2) is 95.4 Å². The molecule has 4 aromatic carbocycles. The molecule has 1 aliphatic rings. The van der Waals surface area contributed by atoms with Crippen LogP contribution in [0, 0.1) is 10.8 Å². The van der Waals surface area contributed by atoms with E-state index in [-0.39, 0.29) is 0 Å². The monoisotopic (exact) mass is 498 g/mol. The van der Waals surface area contributed by atoms with Crippen molar-refractivity contribution in [2.45, 2.75) is 52.3 Å². The number of fused-ring (bicyclic) bond motifs is 5. The molecule has 1 saturated carbocycles. The molecule has 0 atom stereocenters. The van der Waals surface area contributed by atoms with Crippen molar-refractivity contribution in [3.8, 4) is 0 Å². The van der Waals surface area contributed by atoms with Crippen molar-refractivity contribution in [2.75, 3.05) is 0 Å². The van der Waals surface area contributed by atoms with E-state index >= 15 is 0 Å². The van der Waals surface area contributed by atoms with Gasteiger partial charge in [-0.1, -0.05) is 92.7 Å². The van der Waals surface area contributed by atoms with Gasteiger partial charge in [0.15, 0.2) is 0 Å². The summed E-state index contributed by atoms with van der Waals surface area (Å²) in [5.41, 5.74) is 7.38. The van der Waals surface area contributed by atoms with Gasteiger partial charge in [0.25, 0.3) is 0 Å². The molecule has 0 saturated heterocycles. The first-order valence-corrected chi connectivity index (χ1v) is 13.6. The van der Waals surface area contributed by atoms with E-state index < -0.39 is 5.89 Å². The molecule has 0 aliphatic heterocycles. The summed E-state index contributed by atoms with van der Waals surface area (Å²) >= 11 is 0. The predicted octanol–water partition coefficient (Wildman–Crippen LogP) is 10.6.